The van der Waals surface area contributed by atoms with Gasteiger partial charge >= 0.3 is 0 Å². The molecule has 0 fully saturated rings. The van der Waals surface area contributed by atoms with Crippen LogP contribution in [0.25, 0.3) is 0 Å². The van der Waals surface area contributed by atoms with E-state index in [1.165, 1.54) is 23.0 Å². The Morgan fingerprint density at radius 2 is 1.82 bits per heavy atom. The van der Waals surface area contributed by atoms with E-state index in [1.54, 1.807) is 23.1 Å². The number of amides is 1. The number of hydrogen-bond acceptors (Lipinski definition) is 5. The summed E-state index contributed by atoms with van der Waals surface area (Å²) in [6.45, 7) is 2.24. The summed E-state index contributed by atoms with van der Waals surface area (Å²) in [5.74, 6) is -1.43. The standard InChI is InChI=1S/C26H24FN3O4/c1-17-8-5-6-15-34-25-19(11-7-12-20(25)27)22(18-9-3-2-4-10-18)30-16-28(17)26(33)23-24(32)21(31)13-14-29(23)30/h2-7,9-14,17,22,32H,8,15-16H2,1H3/b6-5+. The molecule has 2 aromatic carbocycles. The van der Waals surface area contributed by atoms with E-state index in [0.29, 0.717) is 12.0 Å². The van der Waals surface area contributed by atoms with Gasteiger partial charge < -0.3 is 14.7 Å². The highest BCUT2D eigenvalue weighted by Crippen LogP contribution is 2.38. The zero-order chi connectivity index (χ0) is 23.8. The number of para-hydroxylation sites is 1. The molecule has 1 aromatic heterocycles. The monoisotopic (exact) mass is 461 g/mol. The van der Waals surface area contributed by atoms with Gasteiger partial charge in [0.15, 0.2) is 23.0 Å². The minimum absolute atomic E-state index is 0.116. The molecule has 2 aliphatic heterocycles. The zero-order valence-corrected chi connectivity index (χ0v) is 18.6. The number of aromatic hydroxyl groups is 1. The van der Waals surface area contributed by atoms with Gasteiger partial charge in [0, 0.05) is 23.9 Å². The summed E-state index contributed by atoms with van der Waals surface area (Å²) >= 11 is 0. The fraction of sp³-hybridized carbons (Fsp3) is 0.231. The van der Waals surface area contributed by atoms with Gasteiger partial charge in [-0.15, -0.1) is 0 Å². The summed E-state index contributed by atoms with van der Waals surface area (Å²) in [4.78, 5) is 27.3. The van der Waals surface area contributed by atoms with Gasteiger partial charge in [-0.3, -0.25) is 19.3 Å². The number of hydrogen-bond donors (Lipinski definition) is 1. The van der Waals surface area contributed by atoms with Crippen molar-refractivity contribution in [2.24, 2.45) is 0 Å². The van der Waals surface area contributed by atoms with E-state index in [2.05, 4.69) is 0 Å². The Kier molecular flexibility index (Phi) is 5.57. The smallest absolute Gasteiger partial charge is 0.278 e. The number of nitrogens with zero attached hydrogens (tertiary/aromatic N) is 3. The third kappa shape index (κ3) is 3.61. The second-order valence-electron chi connectivity index (χ2n) is 8.42. The maximum absolute atomic E-state index is 15.0. The van der Waals surface area contributed by atoms with Gasteiger partial charge in [-0.1, -0.05) is 54.6 Å². The van der Waals surface area contributed by atoms with Crippen LogP contribution in [0.1, 0.15) is 41.0 Å². The molecular formula is C26H24FN3O4. The Labute approximate surface area is 195 Å². The highest BCUT2D eigenvalue weighted by atomic mass is 19.1. The van der Waals surface area contributed by atoms with Crippen molar-refractivity contribution in [2.75, 3.05) is 18.3 Å². The Morgan fingerprint density at radius 1 is 1.03 bits per heavy atom. The Morgan fingerprint density at radius 3 is 2.62 bits per heavy atom. The summed E-state index contributed by atoms with van der Waals surface area (Å²) < 4.78 is 22.4. The van der Waals surface area contributed by atoms with E-state index >= 15 is 4.39 Å². The Bertz CT molecular complexity index is 1320. The van der Waals surface area contributed by atoms with Crippen LogP contribution in [0.5, 0.6) is 11.5 Å². The van der Waals surface area contributed by atoms with Crippen molar-refractivity contribution in [3.8, 4) is 11.5 Å². The van der Waals surface area contributed by atoms with Crippen molar-refractivity contribution in [1.29, 1.82) is 0 Å². The number of halogens is 1. The topological polar surface area (TPSA) is 75.0 Å². The average molecular weight is 461 g/mol. The van der Waals surface area contributed by atoms with Crippen LogP contribution in [0.15, 0.2) is 77.7 Å². The third-order valence-corrected chi connectivity index (χ3v) is 6.30. The van der Waals surface area contributed by atoms with Crippen molar-refractivity contribution in [3.05, 3.63) is 106 Å². The maximum atomic E-state index is 15.0. The second kappa shape index (κ2) is 8.70. The number of fused-ring (bicyclic) bond motifs is 5. The lowest BCUT2D eigenvalue weighted by Crippen LogP contribution is -2.57. The van der Waals surface area contributed by atoms with Crippen LogP contribution in [0.2, 0.25) is 0 Å². The van der Waals surface area contributed by atoms with Crippen molar-refractivity contribution in [3.63, 3.8) is 0 Å². The predicted octanol–water partition coefficient (Wildman–Crippen LogP) is 3.56. The number of benzene rings is 2. The molecule has 34 heavy (non-hydrogen) atoms. The minimum Gasteiger partial charge on any atom is -0.502 e. The van der Waals surface area contributed by atoms with Crippen LogP contribution in [-0.4, -0.2) is 39.9 Å². The third-order valence-electron chi connectivity index (χ3n) is 6.30. The summed E-state index contributed by atoms with van der Waals surface area (Å²) in [7, 11) is 0. The molecule has 8 heteroatoms. The van der Waals surface area contributed by atoms with Crippen molar-refractivity contribution >= 4 is 5.91 Å². The highest BCUT2D eigenvalue weighted by Gasteiger charge is 2.39. The Hall–Kier alpha value is -4.07. The summed E-state index contributed by atoms with van der Waals surface area (Å²) in [6.07, 6.45) is 5.68. The van der Waals surface area contributed by atoms with Crippen LogP contribution >= 0.6 is 0 Å². The van der Waals surface area contributed by atoms with Crippen LogP contribution in [-0.2, 0) is 0 Å². The van der Waals surface area contributed by atoms with Crippen molar-refractivity contribution < 1.29 is 19.0 Å². The van der Waals surface area contributed by atoms with Crippen LogP contribution in [0, 0.1) is 5.82 Å². The summed E-state index contributed by atoms with van der Waals surface area (Å²) in [5, 5.41) is 12.5. The van der Waals surface area contributed by atoms with Gasteiger partial charge in [0.2, 0.25) is 5.43 Å². The van der Waals surface area contributed by atoms with Crippen LogP contribution in [0.3, 0.4) is 0 Å². The molecule has 1 N–H and O–H groups in total. The van der Waals surface area contributed by atoms with Gasteiger partial charge in [-0.2, -0.15) is 0 Å². The Balaban J connectivity index is 1.82. The molecule has 2 unspecified atom stereocenters. The van der Waals surface area contributed by atoms with Crippen molar-refractivity contribution in [2.45, 2.75) is 25.4 Å². The SMILES string of the molecule is CC1C/C=C/COc2c(F)cccc2C(c2ccccc2)N2CN1C(=O)c1c(O)c(=O)ccn12. The molecule has 0 radical (unpaired) electrons. The summed E-state index contributed by atoms with van der Waals surface area (Å²) in [5.41, 5.74) is 0.635. The van der Waals surface area contributed by atoms with E-state index in [0.717, 1.165) is 5.56 Å². The van der Waals surface area contributed by atoms with E-state index in [9.17, 15) is 14.7 Å². The summed E-state index contributed by atoms with van der Waals surface area (Å²) in [6, 6.07) is 14.6. The first-order valence-electron chi connectivity index (χ1n) is 11.1. The molecule has 0 spiro atoms. The zero-order valence-electron chi connectivity index (χ0n) is 18.6. The van der Waals surface area contributed by atoms with Gasteiger partial charge in [-0.05, 0) is 25.0 Å². The maximum Gasteiger partial charge on any atom is 0.278 e. The first kappa shape index (κ1) is 21.8. The molecule has 2 aliphatic rings. The molecule has 0 saturated carbocycles. The molecule has 1 amide bonds. The van der Waals surface area contributed by atoms with Gasteiger partial charge in [0.05, 0.1) is 0 Å². The number of carbonyl (C=O) groups excluding carboxylic acids is 1. The van der Waals surface area contributed by atoms with Crippen LogP contribution in [0.4, 0.5) is 4.39 Å². The van der Waals surface area contributed by atoms with Gasteiger partial charge in [-0.25, -0.2) is 4.39 Å². The number of aromatic nitrogens is 1. The highest BCUT2D eigenvalue weighted by molar-refractivity contribution is 5.96. The molecule has 0 aliphatic carbocycles. The van der Waals surface area contributed by atoms with Crippen molar-refractivity contribution in [1.82, 2.24) is 9.58 Å². The molecule has 5 rings (SSSR count). The molecule has 3 aromatic rings. The second-order valence-corrected chi connectivity index (χ2v) is 8.42. The van der Waals surface area contributed by atoms with E-state index in [-0.39, 0.29) is 30.8 Å². The molecule has 0 saturated heterocycles. The first-order chi connectivity index (χ1) is 16.5. The first-order valence-corrected chi connectivity index (χ1v) is 11.1. The number of ether oxygens (including phenoxy) is 1. The number of carbonyl (C=O) groups is 1. The van der Waals surface area contributed by atoms with Gasteiger partial charge in [0.25, 0.3) is 5.91 Å². The fourth-order valence-corrected chi connectivity index (χ4v) is 4.56. The number of rotatable bonds is 1. The molecule has 2 atom stereocenters. The van der Waals surface area contributed by atoms with Crippen LogP contribution < -0.4 is 15.2 Å². The quantitative estimate of drug-likeness (QED) is 0.561. The molecule has 174 valence electrons. The predicted molar refractivity (Wildman–Crippen MR) is 125 cm³/mol. The molecule has 2 bridgehead atoms. The largest absolute Gasteiger partial charge is 0.502 e. The molecular weight excluding hydrogens is 437 g/mol. The molecule has 3 heterocycles. The van der Waals surface area contributed by atoms with Gasteiger partial charge in [0.1, 0.15) is 19.3 Å². The average Bonchev–Trinajstić information content (AvgIpc) is 2.83. The van der Waals surface area contributed by atoms with E-state index < -0.39 is 28.9 Å². The minimum atomic E-state index is -0.638. The molecule has 7 nitrogen and oxygen atoms in total. The normalized spacial score (nSPS) is 20.9. The lowest BCUT2D eigenvalue weighted by atomic mass is 9.96. The fourth-order valence-electron chi connectivity index (χ4n) is 4.56. The lowest BCUT2D eigenvalue weighted by Gasteiger charge is -2.46. The number of pyridine rings is 1. The lowest BCUT2D eigenvalue weighted by molar-refractivity contribution is 0.0606. The van der Waals surface area contributed by atoms with E-state index in [1.807, 2.05) is 48.3 Å². The van der Waals surface area contributed by atoms with E-state index in [4.69, 9.17) is 4.74 Å².